The lowest BCUT2D eigenvalue weighted by Gasteiger charge is -2.30. The van der Waals surface area contributed by atoms with E-state index in [1.807, 2.05) is 0 Å². The fraction of sp³-hybridized carbons (Fsp3) is 0.571. The lowest BCUT2D eigenvalue weighted by molar-refractivity contribution is 0.0681. The first-order valence-electron chi connectivity index (χ1n) is 7.30. The molecule has 3 rings (SSSR count). The number of alkyl halides is 2. The molecule has 6 nitrogen and oxygen atoms in total. The van der Waals surface area contributed by atoms with Crippen LogP contribution < -0.4 is 0 Å². The number of piperidine rings is 1. The zero-order valence-electron chi connectivity index (χ0n) is 12.0. The fourth-order valence-corrected chi connectivity index (χ4v) is 2.67. The third kappa shape index (κ3) is 3.82. The third-order valence-electron chi connectivity index (χ3n) is 3.83. The van der Waals surface area contributed by atoms with Crippen molar-refractivity contribution in [2.75, 3.05) is 19.6 Å². The standard InChI is InChI=1S/C14H17F2N5O/c15-12(16)9-21-5-1-10(2-6-21)7-13-19-14(20-22-13)11-8-17-3-4-18-11/h3-4,8,10,12H,1-2,5-7,9H2. The van der Waals surface area contributed by atoms with Crippen molar-refractivity contribution in [1.29, 1.82) is 0 Å². The van der Waals surface area contributed by atoms with E-state index in [4.69, 9.17) is 4.52 Å². The van der Waals surface area contributed by atoms with Gasteiger partial charge in [0.2, 0.25) is 11.7 Å². The second-order valence-corrected chi connectivity index (χ2v) is 5.44. The normalized spacial score (nSPS) is 17.2. The second-order valence-electron chi connectivity index (χ2n) is 5.44. The van der Waals surface area contributed by atoms with E-state index in [9.17, 15) is 8.78 Å². The number of hydrogen-bond donors (Lipinski definition) is 0. The lowest BCUT2D eigenvalue weighted by atomic mass is 9.93. The van der Waals surface area contributed by atoms with Gasteiger partial charge in [-0.3, -0.25) is 9.88 Å². The Morgan fingerprint density at radius 2 is 2.09 bits per heavy atom. The molecule has 1 saturated heterocycles. The van der Waals surface area contributed by atoms with E-state index in [0.717, 1.165) is 12.8 Å². The molecule has 1 aliphatic rings. The van der Waals surface area contributed by atoms with Gasteiger partial charge in [0.1, 0.15) is 5.69 Å². The van der Waals surface area contributed by atoms with Crippen molar-refractivity contribution in [3.63, 3.8) is 0 Å². The van der Waals surface area contributed by atoms with Gasteiger partial charge in [0, 0.05) is 18.8 Å². The Kier molecular flexibility index (Phi) is 4.67. The highest BCUT2D eigenvalue weighted by molar-refractivity contribution is 5.45. The number of halogens is 2. The molecule has 0 spiro atoms. The van der Waals surface area contributed by atoms with Crippen LogP contribution in [0.5, 0.6) is 0 Å². The van der Waals surface area contributed by atoms with Crippen molar-refractivity contribution in [3.8, 4) is 11.5 Å². The molecule has 1 fully saturated rings. The van der Waals surface area contributed by atoms with Crippen LogP contribution in [0.3, 0.4) is 0 Å². The first-order valence-corrected chi connectivity index (χ1v) is 7.30. The van der Waals surface area contributed by atoms with Gasteiger partial charge in [-0.05, 0) is 31.8 Å². The molecule has 0 atom stereocenters. The lowest BCUT2D eigenvalue weighted by Crippen LogP contribution is -2.37. The average Bonchev–Trinajstić information content (AvgIpc) is 2.98. The van der Waals surface area contributed by atoms with Gasteiger partial charge in [0.05, 0.1) is 12.7 Å². The van der Waals surface area contributed by atoms with E-state index in [2.05, 4.69) is 20.1 Å². The van der Waals surface area contributed by atoms with Gasteiger partial charge in [0.25, 0.3) is 6.43 Å². The van der Waals surface area contributed by atoms with Gasteiger partial charge in [-0.1, -0.05) is 5.16 Å². The highest BCUT2D eigenvalue weighted by Crippen LogP contribution is 2.22. The molecule has 0 aromatic carbocycles. The number of nitrogens with zero attached hydrogens (tertiary/aromatic N) is 5. The van der Waals surface area contributed by atoms with Gasteiger partial charge in [-0.15, -0.1) is 0 Å². The Morgan fingerprint density at radius 1 is 1.27 bits per heavy atom. The fourth-order valence-electron chi connectivity index (χ4n) is 2.67. The molecule has 0 N–H and O–H groups in total. The summed E-state index contributed by atoms with van der Waals surface area (Å²) in [5, 5.41) is 3.91. The van der Waals surface area contributed by atoms with Crippen molar-refractivity contribution in [1.82, 2.24) is 25.0 Å². The Labute approximate surface area is 126 Å². The summed E-state index contributed by atoms with van der Waals surface area (Å²) >= 11 is 0. The molecule has 2 aromatic heterocycles. The Hall–Kier alpha value is -1.96. The summed E-state index contributed by atoms with van der Waals surface area (Å²) in [6.45, 7) is 1.25. The van der Waals surface area contributed by atoms with Gasteiger partial charge in [-0.25, -0.2) is 13.8 Å². The van der Waals surface area contributed by atoms with Crippen molar-refractivity contribution in [3.05, 3.63) is 24.5 Å². The smallest absolute Gasteiger partial charge is 0.251 e. The van der Waals surface area contributed by atoms with E-state index in [1.165, 1.54) is 0 Å². The molecule has 0 aliphatic carbocycles. The summed E-state index contributed by atoms with van der Waals surface area (Å²) in [5.41, 5.74) is 0.573. The topological polar surface area (TPSA) is 67.9 Å². The predicted octanol–water partition coefficient (Wildman–Crippen LogP) is 2.05. The summed E-state index contributed by atoms with van der Waals surface area (Å²) in [4.78, 5) is 14.2. The molecule has 0 amide bonds. The van der Waals surface area contributed by atoms with Crippen molar-refractivity contribution < 1.29 is 13.3 Å². The van der Waals surface area contributed by atoms with Crippen LogP contribution in [-0.2, 0) is 6.42 Å². The van der Waals surface area contributed by atoms with Crippen LogP contribution in [0, 0.1) is 5.92 Å². The number of hydrogen-bond acceptors (Lipinski definition) is 6. The molecular formula is C14H17F2N5O. The molecular weight excluding hydrogens is 292 g/mol. The monoisotopic (exact) mass is 309 g/mol. The predicted molar refractivity (Wildman–Crippen MR) is 74.2 cm³/mol. The highest BCUT2D eigenvalue weighted by Gasteiger charge is 2.23. The summed E-state index contributed by atoms with van der Waals surface area (Å²) in [7, 11) is 0. The summed E-state index contributed by atoms with van der Waals surface area (Å²) in [6.07, 6.45) is 4.89. The van der Waals surface area contributed by atoms with Gasteiger partial charge < -0.3 is 4.52 Å². The number of rotatable bonds is 5. The van der Waals surface area contributed by atoms with Crippen LogP contribution in [0.2, 0.25) is 0 Å². The van der Waals surface area contributed by atoms with Crippen LogP contribution in [0.15, 0.2) is 23.1 Å². The van der Waals surface area contributed by atoms with Gasteiger partial charge >= 0.3 is 0 Å². The molecule has 0 radical (unpaired) electrons. The van der Waals surface area contributed by atoms with E-state index < -0.39 is 6.43 Å². The van der Waals surface area contributed by atoms with Crippen LogP contribution in [0.1, 0.15) is 18.7 Å². The maximum absolute atomic E-state index is 12.3. The van der Waals surface area contributed by atoms with E-state index >= 15 is 0 Å². The first kappa shape index (κ1) is 15.0. The number of aromatic nitrogens is 4. The Morgan fingerprint density at radius 3 is 2.77 bits per heavy atom. The van der Waals surface area contributed by atoms with Crippen molar-refractivity contribution in [2.24, 2.45) is 5.92 Å². The van der Waals surface area contributed by atoms with Crippen molar-refractivity contribution in [2.45, 2.75) is 25.7 Å². The largest absolute Gasteiger partial charge is 0.339 e. The molecule has 0 saturated carbocycles. The van der Waals surface area contributed by atoms with Crippen LogP contribution in [0.25, 0.3) is 11.5 Å². The Balaban J connectivity index is 1.54. The Bertz CT molecular complexity index is 584. The maximum Gasteiger partial charge on any atom is 0.251 e. The minimum Gasteiger partial charge on any atom is -0.339 e. The molecule has 3 heterocycles. The quantitative estimate of drug-likeness (QED) is 0.842. The van der Waals surface area contributed by atoms with Crippen molar-refractivity contribution >= 4 is 0 Å². The summed E-state index contributed by atoms with van der Waals surface area (Å²) < 4.78 is 29.9. The highest BCUT2D eigenvalue weighted by atomic mass is 19.3. The molecule has 8 heteroatoms. The third-order valence-corrected chi connectivity index (χ3v) is 3.83. The molecule has 1 aliphatic heterocycles. The molecule has 0 unspecified atom stereocenters. The zero-order chi connectivity index (χ0) is 15.4. The van der Waals surface area contributed by atoms with E-state index in [-0.39, 0.29) is 6.54 Å². The summed E-state index contributed by atoms with van der Waals surface area (Å²) in [6, 6.07) is 0. The van der Waals surface area contributed by atoms with Crippen LogP contribution in [-0.4, -0.2) is 51.1 Å². The summed E-state index contributed by atoms with van der Waals surface area (Å²) in [5.74, 6) is 1.38. The molecule has 2 aromatic rings. The minimum atomic E-state index is -2.26. The van der Waals surface area contributed by atoms with E-state index in [1.54, 1.807) is 23.5 Å². The van der Waals surface area contributed by atoms with Crippen LogP contribution in [0.4, 0.5) is 8.78 Å². The molecule has 118 valence electrons. The van der Waals surface area contributed by atoms with Crippen LogP contribution >= 0.6 is 0 Å². The minimum absolute atomic E-state index is 0.135. The van der Waals surface area contributed by atoms with Gasteiger partial charge in [-0.2, -0.15) is 4.98 Å². The first-order chi connectivity index (χ1) is 10.7. The maximum atomic E-state index is 12.3. The average molecular weight is 309 g/mol. The van der Waals surface area contributed by atoms with Gasteiger partial charge in [0.15, 0.2) is 0 Å². The number of likely N-dealkylation sites (tertiary alicyclic amines) is 1. The molecule has 0 bridgehead atoms. The molecule has 22 heavy (non-hydrogen) atoms. The second kappa shape index (κ2) is 6.87. The van der Waals surface area contributed by atoms with E-state index in [0.29, 0.717) is 42.8 Å². The zero-order valence-corrected chi connectivity index (χ0v) is 12.0. The SMILES string of the molecule is FC(F)CN1CCC(Cc2nc(-c3cnccn3)no2)CC1.